The van der Waals surface area contributed by atoms with E-state index in [9.17, 15) is 5.11 Å². The first-order valence-electron chi connectivity index (χ1n) is 4.34. The Bertz CT molecular complexity index is 84.1. The van der Waals surface area contributed by atoms with Crippen molar-refractivity contribution >= 4 is 8.32 Å². The summed E-state index contributed by atoms with van der Waals surface area (Å²) in [4.78, 5) is 0. The van der Waals surface area contributed by atoms with E-state index in [1.54, 1.807) is 0 Å². The van der Waals surface area contributed by atoms with Crippen LogP contribution in [0.3, 0.4) is 0 Å². The van der Waals surface area contributed by atoms with Crippen LogP contribution in [0.25, 0.3) is 0 Å². The molecule has 0 fully saturated rings. The fourth-order valence-electron chi connectivity index (χ4n) is 0.993. The van der Waals surface area contributed by atoms with Crippen molar-refractivity contribution in [3.05, 3.63) is 0 Å². The lowest BCUT2D eigenvalue weighted by atomic mass is 10.4. The van der Waals surface area contributed by atoms with E-state index in [4.69, 9.17) is 4.43 Å². The van der Waals surface area contributed by atoms with Crippen molar-refractivity contribution in [1.82, 2.24) is 0 Å². The second kappa shape index (κ2) is 5.74. The monoisotopic (exact) mass is 175 g/mol. The number of hydrogen-bond acceptors (Lipinski definition) is 1. The molecule has 0 aliphatic rings. The van der Waals surface area contributed by atoms with Gasteiger partial charge in [0.2, 0.25) is 0 Å². The van der Waals surface area contributed by atoms with Gasteiger partial charge in [0, 0.05) is 0 Å². The molecule has 0 unspecified atom stereocenters. The smallest absolute Gasteiger partial charge is 0.186 e. The van der Waals surface area contributed by atoms with Crippen LogP contribution >= 0.6 is 0 Å². The summed E-state index contributed by atoms with van der Waals surface area (Å²) in [5.74, 6) is 0. The van der Waals surface area contributed by atoms with Crippen LogP contribution in [0.2, 0.25) is 19.1 Å². The molecule has 2 nitrogen and oxygen atoms in total. The molecule has 0 atom stereocenters. The quantitative estimate of drug-likeness (QED) is 0.570. The number of hydrogen-bond donors (Lipinski definition) is 0. The number of rotatable bonds is 6. The molecule has 11 heavy (non-hydrogen) atoms. The molecular weight excluding hydrogens is 156 g/mol. The van der Waals surface area contributed by atoms with Gasteiger partial charge in [-0.25, -0.2) is 5.11 Å². The van der Waals surface area contributed by atoms with Crippen LogP contribution in [-0.4, -0.2) is 21.5 Å². The Morgan fingerprint density at radius 1 is 1.36 bits per heavy atom. The molecule has 0 aromatic rings. The van der Waals surface area contributed by atoms with E-state index in [1.165, 1.54) is 18.9 Å². The van der Waals surface area contributed by atoms with Gasteiger partial charge in [-0.15, -0.1) is 0 Å². The van der Waals surface area contributed by atoms with E-state index >= 15 is 0 Å². The first kappa shape index (κ1) is 11.1. The molecule has 1 radical (unpaired) electrons. The summed E-state index contributed by atoms with van der Waals surface area (Å²) in [5.41, 5.74) is 0. The minimum atomic E-state index is -1.45. The second-order valence-corrected chi connectivity index (χ2v) is 7.72. The van der Waals surface area contributed by atoms with E-state index < -0.39 is 8.32 Å². The molecule has 0 aliphatic carbocycles. The Morgan fingerprint density at radius 2 is 2.00 bits per heavy atom. The van der Waals surface area contributed by atoms with Gasteiger partial charge < -0.3 is 4.43 Å². The Hall–Kier alpha value is 0.137. The van der Waals surface area contributed by atoms with E-state index in [-0.39, 0.29) is 6.61 Å². The Morgan fingerprint density at radius 3 is 2.45 bits per heavy atom. The average Bonchev–Trinajstić information content (AvgIpc) is 1.97. The van der Waals surface area contributed by atoms with Crippen molar-refractivity contribution < 1.29 is 9.53 Å². The van der Waals surface area contributed by atoms with Gasteiger partial charge in [0.05, 0.1) is 6.61 Å². The van der Waals surface area contributed by atoms with E-state index in [0.29, 0.717) is 6.61 Å². The summed E-state index contributed by atoms with van der Waals surface area (Å²) in [5, 5.41) is 10.1. The van der Waals surface area contributed by atoms with Gasteiger partial charge in [-0.1, -0.05) is 19.8 Å². The molecule has 0 bridgehead atoms. The highest BCUT2D eigenvalue weighted by Crippen LogP contribution is 2.14. The number of unbranched alkanes of at least 4 members (excludes halogenated alkanes) is 1. The third-order valence-corrected chi connectivity index (χ3v) is 4.25. The molecule has 0 spiro atoms. The largest absolute Gasteiger partial charge is 0.415 e. The minimum Gasteiger partial charge on any atom is -0.415 e. The minimum absolute atomic E-state index is 0.0947. The molecule has 0 N–H and O–H groups in total. The third kappa shape index (κ3) is 6.53. The molecule has 67 valence electrons. The average molecular weight is 175 g/mol. The van der Waals surface area contributed by atoms with Crippen molar-refractivity contribution in [2.75, 3.05) is 13.2 Å². The van der Waals surface area contributed by atoms with Crippen LogP contribution in [0.5, 0.6) is 0 Å². The lowest BCUT2D eigenvalue weighted by molar-refractivity contribution is 0.134. The van der Waals surface area contributed by atoms with Crippen molar-refractivity contribution in [3.8, 4) is 0 Å². The second-order valence-electron chi connectivity index (χ2n) is 3.42. The predicted molar refractivity (Wildman–Crippen MR) is 48.7 cm³/mol. The highest BCUT2D eigenvalue weighted by molar-refractivity contribution is 6.71. The zero-order valence-corrected chi connectivity index (χ0v) is 8.85. The van der Waals surface area contributed by atoms with E-state index in [2.05, 4.69) is 20.0 Å². The highest BCUT2D eigenvalue weighted by atomic mass is 28.4. The fourth-order valence-corrected chi connectivity index (χ4v) is 2.98. The van der Waals surface area contributed by atoms with Gasteiger partial charge in [0.15, 0.2) is 8.32 Å². The SMILES string of the molecule is CCCC[Si](C)(C)OCC[O]. The first-order chi connectivity index (χ1) is 5.12. The maximum Gasteiger partial charge on any atom is 0.186 e. The molecule has 0 amide bonds. The van der Waals surface area contributed by atoms with Gasteiger partial charge >= 0.3 is 0 Å². The molecule has 0 saturated heterocycles. The topological polar surface area (TPSA) is 29.1 Å². The molecule has 0 saturated carbocycles. The van der Waals surface area contributed by atoms with Crippen molar-refractivity contribution in [2.24, 2.45) is 0 Å². The molecule has 0 aromatic carbocycles. The van der Waals surface area contributed by atoms with Crippen molar-refractivity contribution in [2.45, 2.75) is 38.9 Å². The van der Waals surface area contributed by atoms with E-state index in [0.717, 1.165) is 0 Å². The predicted octanol–water partition coefficient (Wildman–Crippen LogP) is 2.44. The lowest BCUT2D eigenvalue weighted by Crippen LogP contribution is -2.31. The van der Waals surface area contributed by atoms with Crippen molar-refractivity contribution in [1.29, 1.82) is 0 Å². The zero-order valence-electron chi connectivity index (χ0n) is 7.85. The normalized spacial score (nSPS) is 12.0. The maximum atomic E-state index is 10.1. The molecule has 0 rings (SSSR count). The standard InChI is InChI=1S/C8H19O2Si/c1-4-5-8-11(2,3)10-7-6-9/h4-8H2,1-3H3. The summed E-state index contributed by atoms with van der Waals surface area (Å²) in [7, 11) is -1.45. The van der Waals surface area contributed by atoms with Gasteiger partial charge in [-0.3, -0.25) is 0 Å². The molecule has 0 heterocycles. The van der Waals surface area contributed by atoms with Crippen LogP contribution in [0, 0.1) is 0 Å². The summed E-state index contributed by atoms with van der Waals surface area (Å²) in [6.45, 7) is 6.85. The third-order valence-electron chi connectivity index (χ3n) is 1.71. The summed E-state index contributed by atoms with van der Waals surface area (Å²) in [6, 6.07) is 1.18. The molecule has 3 heteroatoms. The van der Waals surface area contributed by atoms with Gasteiger partial charge in [0.1, 0.15) is 6.61 Å². The van der Waals surface area contributed by atoms with Crippen molar-refractivity contribution in [3.63, 3.8) is 0 Å². The van der Waals surface area contributed by atoms with Crippen LogP contribution < -0.4 is 0 Å². The van der Waals surface area contributed by atoms with Gasteiger partial charge in [0.25, 0.3) is 0 Å². The molecular formula is C8H19O2Si. The molecule has 0 aromatic heterocycles. The lowest BCUT2D eigenvalue weighted by Gasteiger charge is -2.21. The maximum absolute atomic E-state index is 10.1. The highest BCUT2D eigenvalue weighted by Gasteiger charge is 2.20. The first-order valence-corrected chi connectivity index (χ1v) is 7.46. The Kier molecular flexibility index (Phi) is 5.82. The van der Waals surface area contributed by atoms with Crippen LogP contribution in [-0.2, 0) is 9.53 Å². The Labute approximate surface area is 70.7 Å². The van der Waals surface area contributed by atoms with E-state index in [1.807, 2.05) is 0 Å². The zero-order chi connectivity index (χ0) is 8.74. The van der Waals surface area contributed by atoms with Gasteiger partial charge in [-0.2, -0.15) is 0 Å². The molecule has 0 aliphatic heterocycles. The van der Waals surface area contributed by atoms with Crippen LogP contribution in [0.1, 0.15) is 19.8 Å². The fraction of sp³-hybridized carbons (Fsp3) is 1.00. The Balaban J connectivity index is 3.43. The summed E-state index contributed by atoms with van der Waals surface area (Å²) in [6.07, 6.45) is 2.45. The van der Waals surface area contributed by atoms with Gasteiger partial charge in [-0.05, 0) is 19.1 Å². The van der Waals surface area contributed by atoms with Crippen LogP contribution in [0.4, 0.5) is 0 Å². The van der Waals surface area contributed by atoms with Crippen LogP contribution in [0.15, 0.2) is 0 Å². The summed E-state index contributed by atoms with van der Waals surface area (Å²) < 4.78 is 5.51. The summed E-state index contributed by atoms with van der Waals surface area (Å²) >= 11 is 0.